The number of ether oxygens (including phenoxy) is 2. The Kier molecular flexibility index (Phi) is 6.66. The smallest absolute Gasteiger partial charge is 0.319 e. The van der Waals surface area contributed by atoms with Crippen LogP contribution in [-0.2, 0) is 6.61 Å². The Balaban J connectivity index is 1.63. The molecule has 0 saturated heterocycles. The molecule has 2 N–H and O–H groups in total. The van der Waals surface area contributed by atoms with Gasteiger partial charge in [0.15, 0.2) is 17.3 Å². The van der Waals surface area contributed by atoms with Gasteiger partial charge in [-0.2, -0.15) is 0 Å². The van der Waals surface area contributed by atoms with Gasteiger partial charge in [0.1, 0.15) is 6.61 Å². The maximum absolute atomic E-state index is 13.3. The molecule has 1 atom stereocenters. The van der Waals surface area contributed by atoms with E-state index in [1.807, 2.05) is 36.4 Å². The summed E-state index contributed by atoms with van der Waals surface area (Å²) in [5.74, 6) is 0.888. The number of carbonyl (C=O) groups excluding carboxylic acids is 2. The first-order valence-electron chi connectivity index (χ1n) is 10.4. The molecule has 1 heterocycles. The van der Waals surface area contributed by atoms with Gasteiger partial charge in [-0.15, -0.1) is 0 Å². The van der Waals surface area contributed by atoms with Crippen molar-refractivity contribution in [3.8, 4) is 11.5 Å². The molecule has 0 unspecified atom stereocenters. The summed E-state index contributed by atoms with van der Waals surface area (Å²) in [6.45, 7) is 2.07. The Morgan fingerprint density at radius 3 is 2.42 bits per heavy atom. The van der Waals surface area contributed by atoms with E-state index in [-0.39, 0.29) is 11.8 Å². The van der Waals surface area contributed by atoms with Gasteiger partial charge in [0.05, 0.1) is 13.2 Å². The molecule has 2 amide bonds. The van der Waals surface area contributed by atoms with Crippen LogP contribution in [0.25, 0.3) is 0 Å². The number of hydrogen-bond acceptors (Lipinski definition) is 4. The molecule has 0 fully saturated rings. The number of ketones is 1. The van der Waals surface area contributed by atoms with Crippen molar-refractivity contribution in [3.05, 3.63) is 106 Å². The van der Waals surface area contributed by atoms with Crippen molar-refractivity contribution in [1.29, 1.82) is 0 Å². The minimum absolute atomic E-state index is 0.160. The standard InChI is InChI=1S/C26H23ClN2O4/c1-16-23(25(30)18-6-4-3-5-7-18)24(29-26(31)28-16)19-10-13-21(22(14-19)32-2)33-15-17-8-11-20(27)12-9-17/h3-14,24H,15H2,1-2H3,(H2,28,29,31)/t24-/m1/s1. The van der Waals surface area contributed by atoms with Crippen LogP contribution in [0.1, 0.15) is 34.5 Å². The Bertz CT molecular complexity index is 1210. The average Bonchev–Trinajstić information content (AvgIpc) is 2.83. The van der Waals surface area contributed by atoms with E-state index in [4.69, 9.17) is 21.1 Å². The molecule has 0 aliphatic carbocycles. The van der Waals surface area contributed by atoms with Crippen LogP contribution in [0.2, 0.25) is 5.02 Å². The first-order chi connectivity index (χ1) is 16.0. The molecule has 7 heteroatoms. The highest BCUT2D eigenvalue weighted by Gasteiger charge is 2.32. The lowest BCUT2D eigenvalue weighted by Gasteiger charge is -2.29. The quantitative estimate of drug-likeness (QED) is 0.458. The van der Waals surface area contributed by atoms with Gasteiger partial charge in [0.2, 0.25) is 0 Å². The Morgan fingerprint density at radius 1 is 1.00 bits per heavy atom. The molecule has 168 valence electrons. The number of benzene rings is 3. The second kappa shape index (κ2) is 9.79. The third-order valence-electron chi connectivity index (χ3n) is 5.38. The number of methoxy groups -OCH3 is 1. The molecule has 1 aliphatic rings. The molecule has 1 aliphatic heterocycles. The summed E-state index contributed by atoms with van der Waals surface area (Å²) in [5.41, 5.74) is 3.20. The van der Waals surface area contributed by atoms with E-state index in [2.05, 4.69) is 10.6 Å². The van der Waals surface area contributed by atoms with Gasteiger partial charge in [-0.1, -0.05) is 60.1 Å². The first kappa shape index (κ1) is 22.4. The molecule has 0 bridgehead atoms. The molecule has 3 aromatic carbocycles. The molecule has 3 aromatic rings. The lowest BCUT2D eigenvalue weighted by atomic mass is 9.89. The molecule has 6 nitrogen and oxygen atoms in total. The molecule has 0 aromatic heterocycles. The molecule has 0 saturated carbocycles. The summed E-state index contributed by atoms with van der Waals surface area (Å²) < 4.78 is 11.5. The molecule has 0 spiro atoms. The minimum atomic E-state index is -0.634. The number of halogens is 1. The Morgan fingerprint density at radius 2 is 1.73 bits per heavy atom. The fourth-order valence-electron chi connectivity index (χ4n) is 3.71. The lowest BCUT2D eigenvalue weighted by molar-refractivity contribution is 0.102. The topological polar surface area (TPSA) is 76.7 Å². The van der Waals surface area contributed by atoms with Crippen molar-refractivity contribution < 1.29 is 19.1 Å². The van der Waals surface area contributed by atoms with Crippen molar-refractivity contribution in [1.82, 2.24) is 10.6 Å². The Hall–Kier alpha value is -3.77. The molecular weight excluding hydrogens is 440 g/mol. The predicted octanol–water partition coefficient (Wildman–Crippen LogP) is 5.44. The Labute approximate surface area is 197 Å². The van der Waals surface area contributed by atoms with Crippen molar-refractivity contribution in [3.63, 3.8) is 0 Å². The maximum atomic E-state index is 13.3. The summed E-state index contributed by atoms with van der Waals surface area (Å²) in [5, 5.41) is 6.23. The van der Waals surface area contributed by atoms with Crippen LogP contribution in [0, 0.1) is 0 Å². The normalized spacial score (nSPS) is 15.5. The number of carbonyl (C=O) groups is 2. The summed E-state index contributed by atoms with van der Waals surface area (Å²) in [6, 6.07) is 20.7. The van der Waals surface area contributed by atoms with Crippen molar-refractivity contribution in [2.75, 3.05) is 7.11 Å². The van der Waals surface area contributed by atoms with Crippen LogP contribution in [0.5, 0.6) is 11.5 Å². The summed E-state index contributed by atoms with van der Waals surface area (Å²) in [6.07, 6.45) is 0. The van der Waals surface area contributed by atoms with Crippen molar-refractivity contribution in [2.24, 2.45) is 0 Å². The van der Waals surface area contributed by atoms with E-state index in [1.165, 1.54) is 0 Å². The second-order valence-corrected chi connectivity index (χ2v) is 8.03. The van der Waals surface area contributed by atoms with Gasteiger partial charge in [0, 0.05) is 21.9 Å². The highest BCUT2D eigenvalue weighted by molar-refractivity contribution is 6.30. The van der Waals surface area contributed by atoms with E-state index >= 15 is 0 Å². The number of amides is 2. The zero-order valence-corrected chi connectivity index (χ0v) is 19.0. The van der Waals surface area contributed by atoms with Crippen LogP contribution >= 0.6 is 11.6 Å². The fourth-order valence-corrected chi connectivity index (χ4v) is 3.84. The number of hydrogen-bond donors (Lipinski definition) is 2. The third kappa shape index (κ3) is 5.02. The fraction of sp³-hybridized carbons (Fsp3) is 0.154. The van der Waals surface area contributed by atoms with E-state index < -0.39 is 6.04 Å². The maximum Gasteiger partial charge on any atom is 0.319 e. The first-order valence-corrected chi connectivity index (χ1v) is 10.8. The summed E-state index contributed by atoms with van der Waals surface area (Å²) in [7, 11) is 1.55. The van der Waals surface area contributed by atoms with Gasteiger partial charge in [-0.05, 0) is 42.3 Å². The molecular formula is C26H23ClN2O4. The molecule has 4 rings (SSSR count). The number of allylic oxidation sites excluding steroid dienone is 1. The van der Waals surface area contributed by atoms with Crippen LogP contribution in [0.3, 0.4) is 0 Å². The molecule has 0 radical (unpaired) electrons. The monoisotopic (exact) mass is 462 g/mol. The SMILES string of the molecule is COc1cc([C@H]2NC(=O)NC(C)=C2C(=O)c2ccccc2)ccc1OCc1ccc(Cl)cc1. The van der Waals surface area contributed by atoms with Gasteiger partial charge in [0.25, 0.3) is 0 Å². The third-order valence-corrected chi connectivity index (χ3v) is 5.63. The highest BCUT2D eigenvalue weighted by Crippen LogP contribution is 2.35. The highest BCUT2D eigenvalue weighted by atomic mass is 35.5. The van der Waals surface area contributed by atoms with Crippen LogP contribution < -0.4 is 20.1 Å². The number of urea groups is 1. The van der Waals surface area contributed by atoms with Crippen LogP contribution in [0.4, 0.5) is 4.79 Å². The van der Waals surface area contributed by atoms with E-state index in [0.29, 0.717) is 45.5 Å². The van der Waals surface area contributed by atoms with E-state index in [9.17, 15) is 9.59 Å². The van der Waals surface area contributed by atoms with Gasteiger partial charge in [-0.3, -0.25) is 4.79 Å². The van der Waals surface area contributed by atoms with Gasteiger partial charge < -0.3 is 20.1 Å². The summed E-state index contributed by atoms with van der Waals surface area (Å²) >= 11 is 5.94. The number of rotatable bonds is 7. The number of Topliss-reactive ketones (excluding diaryl/α,β-unsaturated/α-hetero) is 1. The second-order valence-electron chi connectivity index (χ2n) is 7.59. The van der Waals surface area contributed by atoms with Gasteiger partial charge in [-0.25, -0.2) is 4.79 Å². The lowest BCUT2D eigenvalue weighted by Crippen LogP contribution is -2.45. The minimum Gasteiger partial charge on any atom is -0.493 e. The van der Waals surface area contributed by atoms with Crippen LogP contribution in [0.15, 0.2) is 84.1 Å². The number of nitrogens with one attached hydrogen (secondary N) is 2. The van der Waals surface area contributed by atoms with Crippen LogP contribution in [-0.4, -0.2) is 18.9 Å². The van der Waals surface area contributed by atoms with Gasteiger partial charge >= 0.3 is 6.03 Å². The summed E-state index contributed by atoms with van der Waals surface area (Å²) in [4.78, 5) is 25.5. The predicted molar refractivity (Wildman–Crippen MR) is 127 cm³/mol. The van der Waals surface area contributed by atoms with E-state index in [0.717, 1.165) is 5.56 Å². The zero-order valence-electron chi connectivity index (χ0n) is 18.2. The average molecular weight is 463 g/mol. The molecule has 33 heavy (non-hydrogen) atoms. The largest absolute Gasteiger partial charge is 0.493 e. The zero-order chi connectivity index (χ0) is 23.4. The van der Waals surface area contributed by atoms with E-state index in [1.54, 1.807) is 50.4 Å². The van der Waals surface area contributed by atoms with Crippen molar-refractivity contribution >= 4 is 23.4 Å². The van der Waals surface area contributed by atoms with Crippen molar-refractivity contribution in [2.45, 2.75) is 19.6 Å².